The molecule has 1 rings (SSSR count). The zero-order chi connectivity index (χ0) is 12.0. The Morgan fingerprint density at radius 2 is 1.31 bits per heavy atom. The van der Waals surface area contributed by atoms with Gasteiger partial charge in [-0.15, -0.1) is 0 Å². The van der Waals surface area contributed by atoms with Crippen molar-refractivity contribution < 1.29 is 5.11 Å². The molecule has 0 bridgehead atoms. The number of rotatable bonds is 6. The third-order valence-corrected chi connectivity index (χ3v) is 2.88. The van der Waals surface area contributed by atoms with E-state index in [0.717, 1.165) is 18.8 Å². The minimum Gasteiger partial charge on any atom is -0.393 e. The van der Waals surface area contributed by atoms with Gasteiger partial charge >= 0.3 is 0 Å². The normalized spacial score (nSPS) is 13.1. The minimum atomic E-state index is -0.194. The molecule has 0 aliphatic heterocycles. The number of hydrogen-bond donors (Lipinski definition) is 1. The molecule has 1 atom stereocenters. The van der Waals surface area contributed by atoms with E-state index >= 15 is 0 Å². The molecular formula is C15H24O. The maximum atomic E-state index is 9.21. The first-order valence-electron chi connectivity index (χ1n) is 6.34. The van der Waals surface area contributed by atoms with Crippen LogP contribution < -0.4 is 0 Å². The summed E-state index contributed by atoms with van der Waals surface area (Å²) in [6.07, 6.45) is 4.06. The van der Waals surface area contributed by atoms with Crippen molar-refractivity contribution in [3.8, 4) is 0 Å². The first-order valence-corrected chi connectivity index (χ1v) is 6.34. The van der Waals surface area contributed by atoms with E-state index in [1.54, 1.807) is 0 Å². The summed E-state index contributed by atoms with van der Waals surface area (Å²) in [6.45, 7) is 6.37. The van der Waals surface area contributed by atoms with Gasteiger partial charge in [0.1, 0.15) is 0 Å². The number of aliphatic hydroxyl groups is 1. The Bertz CT molecular complexity index is 254. The van der Waals surface area contributed by atoms with Crippen LogP contribution in [0.4, 0.5) is 0 Å². The lowest BCUT2D eigenvalue weighted by molar-refractivity contribution is 0.185. The molecule has 0 heterocycles. The minimum absolute atomic E-state index is 0.194. The number of aryl methyl sites for hydroxylation is 2. The van der Waals surface area contributed by atoms with E-state index in [1.807, 2.05) is 6.92 Å². The molecule has 0 aromatic heterocycles. The SMILES string of the molecule is CC(C)CCc1ccc(CCC(C)O)cc1. The molecule has 0 amide bonds. The van der Waals surface area contributed by atoms with Crippen LogP contribution in [0.25, 0.3) is 0 Å². The maximum Gasteiger partial charge on any atom is 0.0515 e. The highest BCUT2D eigenvalue weighted by atomic mass is 16.3. The molecule has 1 unspecified atom stereocenters. The maximum absolute atomic E-state index is 9.21. The summed E-state index contributed by atoms with van der Waals surface area (Å²) in [5.74, 6) is 0.773. The highest BCUT2D eigenvalue weighted by molar-refractivity contribution is 5.22. The van der Waals surface area contributed by atoms with Gasteiger partial charge in [-0.05, 0) is 49.7 Å². The second kappa shape index (κ2) is 6.70. The van der Waals surface area contributed by atoms with Crippen LogP contribution in [0.2, 0.25) is 0 Å². The average Bonchev–Trinajstić information content (AvgIpc) is 2.25. The molecule has 0 saturated heterocycles. The molecule has 1 N–H and O–H groups in total. The second-order valence-corrected chi connectivity index (χ2v) is 5.14. The van der Waals surface area contributed by atoms with Crippen LogP contribution in [0.5, 0.6) is 0 Å². The molecule has 16 heavy (non-hydrogen) atoms. The highest BCUT2D eigenvalue weighted by Gasteiger charge is 2.00. The van der Waals surface area contributed by atoms with Gasteiger partial charge < -0.3 is 5.11 Å². The van der Waals surface area contributed by atoms with Crippen LogP contribution in [0.1, 0.15) is 44.7 Å². The molecular weight excluding hydrogens is 196 g/mol. The van der Waals surface area contributed by atoms with E-state index in [1.165, 1.54) is 24.0 Å². The molecule has 1 nitrogen and oxygen atoms in total. The van der Waals surface area contributed by atoms with E-state index in [2.05, 4.69) is 38.1 Å². The fourth-order valence-electron chi connectivity index (χ4n) is 1.70. The Kier molecular flexibility index (Phi) is 5.54. The average molecular weight is 220 g/mol. The quantitative estimate of drug-likeness (QED) is 0.776. The van der Waals surface area contributed by atoms with Gasteiger partial charge in [0.25, 0.3) is 0 Å². The Morgan fingerprint density at radius 3 is 1.69 bits per heavy atom. The molecule has 1 aromatic rings. The third kappa shape index (κ3) is 5.32. The molecule has 1 heteroatoms. The van der Waals surface area contributed by atoms with Gasteiger partial charge in [-0.2, -0.15) is 0 Å². The van der Waals surface area contributed by atoms with Crippen molar-refractivity contribution in [1.82, 2.24) is 0 Å². The molecule has 0 radical (unpaired) electrons. The van der Waals surface area contributed by atoms with Gasteiger partial charge in [-0.1, -0.05) is 38.1 Å². The van der Waals surface area contributed by atoms with E-state index in [0.29, 0.717) is 0 Å². The van der Waals surface area contributed by atoms with Crippen molar-refractivity contribution in [3.05, 3.63) is 35.4 Å². The van der Waals surface area contributed by atoms with Gasteiger partial charge in [-0.25, -0.2) is 0 Å². The Hall–Kier alpha value is -0.820. The lowest BCUT2D eigenvalue weighted by atomic mass is 10.0. The topological polar surface area (TPSA) is 20.2 Å². The van der Waals surface area contributed by atoms with Crippen molar-refractivity contribution in [1.29, 1.82) is 0 Å². The zero-order valence-corrected chi connectivity index (χ0v) is 10.7. The summed E-state index contributed by atoms with van der Waals surface area (Å²) in [5, 5.41) is 9.21. The fraction of sp³-hybridized carbons (Fsp3) is 0.600. The Balaban J connectivity index is 2.41. The van der Waals surface area contributed by atoms with Crippen molar-refractivity contribution in [3.63, 3.8) is 0 Å². The van der Waals surface area contributed by atoms with Crippen LogP contribution in [-0.4, -0.2) is 11.2 Å². The summed E-state index contributed by atoms with van der Waals surface area (Å²) in [7, 11) is 0. The van der Waals surface area contributed by atoms with E-state index < -0.39 is 0 Å². The fourth-order valence-corrected chi connectivity index (χ4v) is 1.70. The predicted molar refractivity (Wildman–Crippen MR) is 69.6 cm³/mol. The second-order valence-electron chi connectivity index (χ2n) is 5.14. The van der Waals surface area contributed by atoms with Crippen molar-refractivity contribution in [2.75, 3.05) is 0 Å². The van der Waals surface area contributed by atoms with Crippen LogP contribution in [0.15, 0.2) is 24.3 Å². The molecule has 0 aliphatic carbocycles. The summed E-state index contributed by atoms with van der Waals surface area (Å²) < 4.78 is 0. The highest BCUT2D eigenvalue weighted by Crippen LogP contribution is 2.12. The van der Waals surface area contributed by atoms with E-state index in [-0.39, 0.29) is 6.10 Å². The van der Waals surface area contributed by atoms with E-state index in [9.17, 15) is 5.11 Å². The van der Waals surface area contributed by atoms with Crippen LogP contribution in [-0.2, 0) is 12.8 Å². The van der Waals surface area contributed by atoms with Crippen LogP contribution >= 0.6 is 0 Å². The lowest BCUT2D eigenvalue weighted by Crippen LogP contribution is -2.01. The molecule has 0 spiro atoms. The summed E-state index contributed by atoms with van der Waals surface area (Å²) >= 11 is 0. The summed E-state index contributed by atoms with van der Waals surface area (Å²) in [5.41, 5.74) is 2.75. The third-order valence-electron chi connectivity index (χ3n) is 2.88. The summed E-state index contributed by atoms with van der Waals surface area (Å²) in [6, 6.07) is 8.83. The molecule has 0 saturated carbocycles. The first kappa shape index (κ1) is 13.2. The standard InChI is InChI=1S/C15H24O/c1-12(2)4-6-14-8-10-15(11-9-14)7-5-13(3)16/h8-13,16H,4-7H2,1-3H3. The molecule has 0 fully saturated rings. The molecule has 0 aliphatic rings. The number of hydrogen-bond acceptors (Lipinski definition) is 1. The number of aliphatic hydroxyl groups excluding tert-OH is 1. The van der Waals surface area contributed by atoms with E-state index in [4.69, 9.17) is 0 Å². The van der Waals surface area contributed by atoms with Crippen molar-refractivity contribution in [2.24, 2.45) is 5.92 Å². The van der Waals surface area contributed by atoms with Gasteiger partial charge in [0.2, 0.25) is 0 Å². The van der Waals surface area contributed by atoms with Gasteiger partial charge in [0.05, 0.1) is 6.10 Å². The Labute approximate surface area is 99.5 Å². The van der Waals surface area contributed by atoms with Crippen molar-refractivity contribution in [2.45, 2.75) is 52.6 Å². The Morgan fingerprint density at radius 1 is 0.875 bits per heavy atom. The molecule has 90 valence electrons. The van der Waals surface area contributed by atoms with Gasteiger partial charge in [-0.3, -0.25) is 0 Å². The first-order chi connectivity index (χ1) is 7.58. The predicted octanol–water partition coefficient (Wildman–Crippen LogP) is 3.59. The van der Waals surface area contributed by atoms with Crippen LogP contribution in [0.3, 0.4) is 0 Å². The van der Waals surface area contributed by atoms with Gasteiger partial charge in [0, 0.05) is 0 Å². The smallest absolute Gasteiger partial charge is 0.0515 e. The summed E-state index contributed by atoms with van der Waals surface area (Å²) in [4.78, 5) is 0. The van der Waals surface area contributed by atoms with Gasteiger partial charge in [0.15, 0.2) is 0 Å². The lowest BCUT2D eigenvalue weighted by Gasteiger charge is -2.07. The van der Waals surface area contributed by atoms with Crippen LogP contribution in [0, 0.1) is 5.92 Å². The van der Waals surface area contributed by atoms with Crippen molar-refractivity contribution >= 4 is 0 Å². The number of benzene rings is 1. The molecule has 1 aromatic carbocycles. The largest absolute Gasteiger partial charge is 0.393 e. The monoisotopic (exact) mass is 220 g/mol. The zero-order valence-electron chi connectivity index (χ0n) is 10.7.